The fourth-order valence-corrected chi connectivity index (χ4v) is 4.81. The lowest BCUT2D eigenvalue weighted by atomic mass is 9.93. The number of fused-ring (bicyclic) bond motifs is 1. The summed E-state index contributed by atoms with van der Waals surface area (Å²) in [6.45, 7) is 0.266. The number of amides is 1. The molecule has 186 valence electrons. The lowest BCUT2D eigenvalue weighted by Crippen LogP contribution is -2.23. The number of aliphatic hydroxyl groups excluding tert-OH is 1. The Labute approximate surface area is 207 Å². The number of nitrogens with two attached hydrogens (primary N) is 1. The number of aromatic nitrogens is 3. The fourth-order valence-electron chi connectivity index (χ4n) is 4.81. The maximum Gasteiger partial charge on any atom is 0.255 e. The van der Waals surface area contributed by atoms with E-state index in [1.165, 1.54) is 19.2 Å². The maximum absolute atomic E-state index is 13.6. The molecule has 1 aliphatic rings. The first-order chi connectivity index (χ1) is 17.4. The molecule has 0 bridgehead atoms. The Morgan fingerprint density at radius 3 is 2.64 bits per heavy atom. The fraction of sp³-hybridized carbons (Fsp3) is 0.296. The highest BCUT2D eigenvalue weighted by molar-refractivity contribution is 6.00. The first-order valence-corrected chi connectivity index (χ1v) is 12.0. The number of methoxy groups -OCH3 is 1. The zero-order valence-corrected chi connectivity index (χ0v) is 19.9. The highest BCUT2D eigenvalue weighted by atomic mass is 19.1. The van der Waals surface area contributed by atoms with Gasteiger partial charge >= 0.3 is 0 Å². The van der Waals surface area contributed by atoms with E-state index < -0.39 is 11.7 Å². The molecule has 0 spiro atoms. The normalized spacial score (nSPS) is 17.8. The Morgan fingerprint density at radius 1 is 1.17 bits per heavy atom. The van der Waals surface area contributed by atoms with Crippen LogP contribution in [0.1, 0.15) is 47.6 Å². The third-order valence-corrected chi connectivity index (χ3v) is 6.75. The van der Waals surface area contributed by atoms with E-state index in [4.69, 9.17) is 15.6 Å². The standard InChI is InChI=1S/C27H28FN5O3/c1-36-23-11-6-18(28)14-21(23)27(35)31-15-16-2-4-17(5-3-16)25-24-22(12-13-30-26(24)29)33(32-25)19-7-9-20(34)10-8-19/h2-6,11-14,19-20,34H,7-10,15H2,1H3,(H2,29,30)(H,31,35)/t19-,20+. The molecule has 5 rings (SSSR count). The van der Waals surface area contributed by atoms with Crippen LogP contribution in [0.3, 0.4) is 0 Å². The van der Waals surface area contributed by atoms with Gasteiger partial charge in [-0.15, -0.1) is 0 Å². The summed E-state index contributed by atoms with van der Waals surface area (Å²) in [6, 6.07) is 13.7. The summed E-state index contributed by atoms with van der Waals surface area (Å²) in [5.41, 5.74) is 9.85. The Kier molecular flexibility index (Phi) is 6.56. The van der Waals surface area contributed by atoms with Crippen molar-refractivity contribution in [1.29, 1.82) is 0 Å². The summed E-state index contributed by atoms with van der Waals surface area (Å²) in [4.78, 5) is 16.9. The molecular formula is C27H28FN5O3. The zero-order valence-electron chi connectivity index (χ0n) is 19.9. The van der Waals surface area contributed by atoms with Crippen LogP contribution in [-0.4, -0.2) is 39.0 Å². The number of ether oxygens (including phenoxy) is 1. The van der Waals surface area contributed by atoms with E-state index >= 15 is 0 Å². The number of pyridine rings is 1. The molecule has 1 fully saturated rings. The third kappa shape index (κ3) is 4.61. The van der Waals surface area contributed by atoms with Crippen LogP contribution in [0, 0.1) is 5.82 Å². The van der Waals surface area contributed by atoms with E-state index in [0.29, 0.717) is 11.6 Å². The molecule has 0 saturated heterocycles. The Bertz CT molecular complexity index is 1390. The van der Waals surface area contributed by atoms with Crippen molar-refractivity contribution in [3.63, 3.8) is 0 Å². The van der Waals surface area contributed by atoms with Gasteiger partial charge in [-0.25, -0.2) is 9.37 Å². The number of anilines is 1. The molecule has 1 saturated carbocycles. The van der Waals surface area contributed by atoms with Gasteiger partial charge in [-0.2, -0.15) is 5.10 Å². The van der Waals surface area contributed by atoms with E-state index in [1.807, 2.05) is 35.0 Å². The van der Waals surface area contributed by atoms with Gasteiger partial charge < -0.3 is 20.9 Å². The first kappa shape index (κ1) is 23.7. The lowest BCUT2D eigenvalue weighted by molar-refractivity contribution is 0.0947. The molecule has 36 heavy (non-hydrogen) atoms. The molecule has 2 aromatic carbocycles. The summed E-state index contributed by atoms with van der Waals surface area (Å²) >= 11 is 0. The Balaban J connectivity index is 1.37. The Morgan fingerprint density at radius 2 is 1.92 bits per heavy atom. The van der Waals surface area contributed by atoms with E-state index in [2.05, 4.69) is 10.3 Å². The van der Waals surface area contributed by atoms with Crippen molar-refractivity contribution in [2.75, 3.05) is 12.8 Å². The molecule has 2 heterocycles. The minimum Gasteiger partial charge on any atom is -0.496 e. The molecule has 0 aliphatic heterocycles. The molecule has 1 amide bonds. The maximum atomic E-state index is 13.6. The summed E-state index contributed by atoms with van der Waals surface area (Å²) in [7, 11) is 1.44. The van der Waals surface area contributed by atoms with Gasteiger partial charge in [0, 0.05) is 18.3 Å². The van der Waals surface area contributed by atoms with Crippen LogP contribution in [0.15, 0.2) is 54.7 Å². The summed E-state index contributed by atoms with van der Waals surface area (Å²) < 4.78 is 20.8. The van der Waals surface area contributed by atoms with Gasteiger partial charge in [0.25, 0.3) is 5.91 Å². The van der Waals surface area contributed by atoms with Crippen molar-refractivity contribution in [1.82, 2.24) is 20.1 Å². The highest BCUT2D eigenvalue weighted by Crippen LogP contribution is 2.36. The predicted octanol–water partition coefficient (Wildman–Crippen LogP) is 4.23. The number of nitrogen functional groups attached to an aromatic ring is 1. The molecule has 8 nitrogen and oxygen atoms in total. The SMILES string of the molecule is COc1ccc(F)cc1C(=O)NCc1ccc(-c2nn([C@H]3CC[C@@H](O)CC3)c3ccnc(N)c23)cc1. The predicted molar refractivity (Wildman–Crippen MR) is 135 cm³/mol. The molecule has 0 atom stereocenters. The third-order valence-electron chi connectivity index (χ3n) is 6.75. The van der Waals surface area contributed by atoms with Crippen molar-refractivity contribution < 1.29 is 19.0 Å². The second-order valence-electron chi connectivity index (χ2n) is 9.07. The zero-order chi connectivity index (χ0) is 25.2. The van der Waals surface area contributed by atoms with Gasteiger partial charge in [-0.05, 0) is 55.5 Å². The van der Waals surface area contributed by atoms with Crippen LogP contribution in [0.5, 0.6) is 5.75 Å². The number of carbonyl (C=O) groups excluding carboxylic acids is 1. The molecule has 1 aliphatic carbocycles. The minimum atomic E-state index is -0.505. The van der Waals surface area contributed by atoms with Crippen molar-refractivity contribution >= 4 is 22.6 Å². The number of hydrogen-bond acceptors (Lipinski definition) is 6. The molecule has 0 unspecified atom stereocenters. The largest absolute Gasteiger partial charge is 0.496 e. The molecular weight excluding hydrogens is 461 g/mol. The summed E-state index contributed by atoms with van der Waals surface area (Å²) in [5.74, 6) is -0.192. The second kappa shape index (κ2) is 9.94. The van der Waals surface area contributed by atoms with Crippen LogP contribution in [-0.2, 0) is 6.54 Å². The first-order valence-electron chi connectivity index (χ1n) is 12.0. The van der Waals surface area contributed by atoms with E-state index in [-0.39, 0.29) is 24.3 Å². The number of hydrogen-bond donors (Lipinski definition) is 3. The Hall–Kier alpha value is -3.98. The highest BCUT2D eigenvalue weighted by Gasteiger charge is 2.25. The smallest absolute Gasteiger partial charge is 0.255 e. The van der Waals surface area contributed by atoms with Gasteiger partial charge in [0.2, 0.25) is 0 Å². The van der Waals surface area contributed by atoms with Crippen LogP contribution < -0.4 is 15.8 Å². The van der Waals surface area contributed by atoms with E-state index in [0.717, 1.165) is 59.5 Å². The van der Waals surface area contributed by atoms with Crippen LogP contribution in [0.4, 0.5) is 10.2 Å². The van der Waals surface area contributed by atoms with Crippen LogP contribution in [0.2, 0.25) is 0 Å². The molecule has 4 aromatic rings. The number of rotatable bonds is 6. The van der Waals surface area contributed by atoms with E-state index in [9.17, 15) is 14.3 Å². The second-order valence-corrected chi connectivity index (χ2v) is 9.07. The summed E-state index contributed by atoms with van der Waals surface area (Å²) in [6.07, 6.45) is 4.66. The monoisotopic (exact) mass is 489 g/mol. The van der Waals surface area contributed by atoms with Gasteiger partial charge in [0.1, 0.15) is 23.1 Å². The van der Waals surface area contributed by atoms with Gasteiger partial charge in [-0.1, -0.05) is 24.3 Å². The lowest BCUT2D eigenvalue weighted by Gasteiger charge is -2.26. The van der Waals surface area contributed by atoms with Crippen LogP contribution >= 0.6 is 0 Å². The van der Waals surface area contributed by atoms with Gasteiger partial charge in [0.15, 0.2) is 0 Å². The minimum absolute atomic E-state index is 0.143. The van der Waals surface area contributed by atoms with Crippen molar-refractivity contribution in [3.8, 4) is 17.0 Å². The quantitative estimate of drug-likeness (QED) is 0.373. The molecule has 9 heteroatoms. The van der Waals surface area contributed by atoms with Crippen molar-refractivity contribution in [3.05, 3.63) is 71.7 Å². The average Bonchev–Trinajstić information content (AvgIpc) is 3.29. The number of halogens is 1. The molecule has 4 N–H and O–H groups in total. The van der Waals surface area contributed by atoms with Crippen molar-refractivity contribution in [2.45, 2.75) is 44.4 Å². The van der Waals surface area contributed by atoms with Gasteiger partial charge in [-0.3, -0.25) is 9.48 Å². The van der Waals surface area contributed by atoms with E-state index in [1.54, 1.807) is 6.20 Å². The molecule has 0 radical (unpaired) electrons. The number of nitrogens with zero attached hydrogens (tertiary/aromatic N) is 3. The number of aliphatic hydroxyl groups is 1. The van der Waals surface area contributed by atoms with Crippen LogP contribution in [0.25, 0.3) is 22.2 Å². The molecule has 2 aromatic heterocycles. The number of nitrogens with one attached hydrogen (secondary N) is 1. The topological polar surface area (TPSA) is 115 Å². The van der Waals surface area contributed by atoms with Crippen molar-refractivity contribution in [2.24, 2.45) is 0 Å². The number of benzene rings is 2. The average molecular weight is 490 g/mol. The summed E-state index contributed by atoms with van der Waals surface area (Å²) in [5, 5.41) is 18.5. The number of carbonyl (C=O) groups is 1. The van der Waals surface area contributed by atoms with Gasteiger partial charge in [0.05, 0.1) is 35.7 Å².